The second-order valence-corrected chi connectivity index (χ2v) is 18.0. The van der Waals surface area contributed by atoms with Crippen molar-refractivity contribution in [3.05, 3.63) is 79.4 Å². The van der Waals surface area contributed by atoms with Gasteiger partial charge in [0.25, 0.3) is 0 Å². The lowest BCUT2D eigenvalue weighted by Crippen LogP contribution is -2.33. The third-order valence-electron chi connectivity index (χ3n) is 9.60. The Kier molecular flexibility index (Phi) is 22.7. The number of aromatic nitrogens is 8. The van der Waals surface area contributed by atoms with Crippen molar-refractivity contribution in [2.45, 2.75) is 72.0 Å². The molecule has 0 fully saturated rings. The lowest BCUT2D eigenvalue weighted by molar-refractivity contribution is 0.0513. The van der Waals surface area contributed by atoms with Crippen LogP contribution >= 0.6 is 12.4 Å². The molecular formula is C48H72ClN17O7. The number of guanidine groups is 1. The summed E-state index contributed by atoms with van der Waals surface area (Å²) in [6, 6.07) is 18.8. The molecule has 0 unspecified atom stereocenters. The fourth-order valence-electron chi connectivity index (χ4n) is 6.16. The number of carbonyl (C=O) groups is 2. The zero-order valence-electron chi connectivity index (χ0n) is 43.0. The second-order valence-electron chi connectivity index (χ2n) is 18.0. The van der Waals surface area contributed by atoms with Crippen LogP contribution < -0.4 is 53.5 Å². The lowest BCUT2D eigenvalue weighted by atomic mass is 10.2. The number of benzene rings is 3. The molecule has 398 valence electrons. The zero-order chi connectivity index (χ0) is 53.0. The minimum Gasteiger partial charge on any atom is -0.493 e. The molecule has 73 heavy (non-hydrogen) atoms. The number of alkyl carbamates (subject to hydrolysis) is 2. The molecule has 25 heteroatoms. The normalized spacial score (nSPS) is 10.8. The van der Waals surface area contributed by atoms with Gasteiger partial charge in [0, 0.05) is 77.8 Å². The number of aryl methyl sites for hydroxylation is 3. The first-order chi connectivity index (χ1) is 34.0. The Morgan fingerprint density at radius 3 is 1.51 bits per heavy atom. The summed E-state index contributed by atoms with van der Waals surface area (Å²) in [5.74, 6) is 3.33. The van der Waals surface area contributed by atoms with Gasteiger partial charge in [-0.15, -0.1) is 12.4 Å². The molecule has 4 aromatic heterocycles. The zero-order valence-corrected chi connectivity index (χ0v) is 43.9. The monoisotopic (exact) mass is 1030 g/mol. The third-order valence-corrected chi connectivity index (χ3v) is 9.60. The van der Waals surface area contributed by atoms with Crippen molar-refractivity contribution >= 4 is 81.5 Å². The molecule has 0 aliphatic carbocycles. The van der Waals surface area contributed by atoms with Gasteiger partial charge in [-0.05, 0) is 96.8 Å². The van der Waals surface area contributed by atoms with Gasteiger partial charge in [0.05, 0.1) is 59.2 Å². The number of nitrogen functional groups attached to an aromatic ring is 3. The molecule has 13 N–H and O–H groups in total. The van der Waals surface area contributed by atoms with Crippen molar-refractivity contribution in [1.82, 2.24) is 49.1 Å². The van der Waals surface area contributed by atoms with Crippen LogP contribution in [0.5, 0.6) is 17.2 Å². The van der Waals surface area contributed by atoms with E-state index in [2.05, 4.69) is 35.7 Å². The summed E-state index contributed by atoms with van der Waals surface area (Å²) in [6.45, 7) is 14.1. The number of nitrogens with zero attached hydrogens (tertiary/aromatic N) is 9. The summed E-state index contributed by atoms with van der Waals surface area (Å²) >= 11 is 0. The predicted octanol–water partition coefficient (Wildman–Crippen LogP) is 5.56. The number of hydrogen-bond donors (Lipinski definition) is 8. The van der Waals surface area contributed by atoms with Crippen LogP contribution in [0.25, 0.3) is 33.1 Å². The molecule has 0 spiro atoms. The van der Waals surface area contributed by atoms with Crippen molar-refractivity contribution in [2.24, 2.45) is 43.3 Å². The molecule has 7 aromatic rings. The molecule has 2 amide bonds. The van der Waals surface area contributed by atoms with Crippen LogP contribution in [0.2, 0.25) is 0 Å². The topological polar surface area (TPSA) is 342 Å². The Hall–Kier alpha value is -8.15. The number of hydrogen-bond acceptors (Lipinski definition) is 15. The molecule has 0 radical (unpaired) electrons. The van der Waals surface area contributed by atoms with E-state index >= 15 is 0 Å². The number of imidazole rings is 3. The van der Waals surface area contributed by atoms with Crippen LogP contribution in [0.3, 0.4) is 0 Å². The highest BCUT2D eigenvalue weighted by Crippen LogP contribution is 2.24. The molecule has 3 aromatic carbocycles. The number of nitrogens with one attached hydrogen (secondary N) is 3. The molecule has 0 bridgehead atoms. The van der Waals surface area contributed by atoms with Crippen molar-refractivity contribution in [3.8, 4) is 17.2 Å². The summed E-state index contributed by atoms with van der Waals surface area (Å²) in [5, 5.41) is 15.9. The minimum absolute atomic E-state index is 0. The molecule has 0 saturated heterocycles. The average Bonchev–Trinajstić information content (AvgIpc) is 4.10. The van der Waals surface area contributed by atoms with E-state index in [9.17, 15) is 9.59 Å². The fourth-order valence-corrected chi connectivity index (χ4v) is 6.16. The van der Waals surface area contributed by atoms with Gasteiger partial charge < -0.3 is 76.7 Å². The van der Waals surface area contributed by atoms with Gasteiger partial charge >= 0.3 is 12.2 Å². The number of anilines is 2. The van der Waals surface area contributed by atoms with Crippen LogP contribution in [0.15, 0.2) is 84.4 Å². The van der Waals surface area contributed by atoms with Crippen LogP contribution in [0, 0.1) is 5.41 Å². The van der Waals surface area contributed by atoms with Crippen molar-refractivity contribution in [3.63, 3.8) is 0 Å². The lowest BCUT2D eigenvalue weighted by Gasteiger charge is -2.19. The highest BCUT2D eigenvalue weighted by molar-refractivity contribution is 5.85. The summed E-state index contributed by atoms with van der Waals surface area (Å²) < 4.78 is 34.2. The quantitative estimate of drug-likeness (QED) is 0.0354. The fraction of sp³-hybridized carbons (Fsp3) is 0.417. The van der Waals surface area contributed by atoms with Gasteiger partial charge in [-0.25, -0.2) is 29.2 Å². The third kappa shape index (κ3) is 20.6. The summed E-state index contributed by atoms with van der Waals surface area (Å²) in [7, 11) is 5.68. The Morgan fingerprint density at radius 2 is 1.11 bits per heavy atom. The maximum Gasteiger partial charge on any atom is 0.407 e. The van der Waals surface area contributed by atoms with E-state index < -0.39 is 23.4 Å². The maximum absolute atomic E-state index is 11.5. The molecule has 7 rings (SSSR count). The number of carbonyl (C=O) groups excluding carboxylic acids is 2. The number of aliphatic imine (C=N–C) groups is 1. The molecule has 0 aliphatic heterocycles. The number of fused-ring (bicyclic) bond motifs is 3. The van der Waals surface area contributed by atoms with Gasteiger partial charge in [0.1, 0.15) is 28.5 Å². The van der Waals surface area contributed by atoms with E-state index in [1.54, 1.807) is 24.8 Å². The van der Waals surface area contributed by atoms with E-state index in [1.165, 1.54) is 4.68 Å². The Bertz CT molecular complexity index is 2860. The summed E-state index contributed by atoms with van der Waals surface area (Å²) in [4.78, 5) is 39.6. The molecule has 0 atom stereocenters. The maximum atomic E-state index is 11.5. The molecule has 24 nitrogen and oxygen atoms in total. The SMILES string of the molecule is Cl.Cn1c(N)nc2ccc(OCCCN=C(N)N)cc21.Cn1c(N)nc2ccc(OCCCNC(=O)OC(C)(C)C)cc21.Cn1cnc2ccc(OCCCNC(=O)OC(C)(C)C)cc21.N=C(N)n1cccn1. The first-order valence-corrected chi connectivity index (χ1v) is 23.1. The molecule has 0 saturated carbocycles. The van der Waals surface area contributed by atoms with Crippen LogP contribution in [-0.2, 0) is 30.6 Å². The van der Waals surface area contributed by atoms with Crippen LogP contribution in [0.1, 0.15) is 60.8 Å². The standard InChI is InChI=1S/C16H24N4O3.C16H23N3O3.C12H18N6O.C4H6N4.ClH/c1-16(2,3)23-15(21)18-8-5-9-22-11-6-7-12-13(10-11)20(4)14(17)19-12;1-16(2,3)22-15(20)17-8-5-9-21-12-6-7-13-14(10-12)19(4)11-18-13;1-18-10-7-8(3-4-9(10)17-12(18)15)19-6-2-5-16-11(13)14;5-4(6)8-3-1-2-7-8;/h6-7,10H,5,8-9H2,1-4H3,(H2,17,19)(H,18,21);6-7,10-11H,5,8-9H2,1-4H3,(H,17,20);3-4,7H,2,5-6H2,1H3,(H2,15,17)(H4,13,14,16);1-3H,(H3,5,6);1H. The van der Waals surface area contributed by atoms with Gasteiger partial charge in [0.15, 0.2) is 5.96 Å². The number of rotatable bonds is 15. The first-order valence-electron chi connectivity index (χ1n) is 23.1. The molecular weight excluding hydrogens is 962 g/mol. The van der Waals surface area contributed by atoms with Gasteiger partial charge in [-0.2, -0.15) is 5.10 Å². The highest BCUT2D eigenvalue weighted by atomic mass is 35.5. The summed E-state index contributed by atoms with van der Waals surface area (Å²) in [5.41, 5.74) is 31.6. The van der Waals surface area contributed by atoms with E-state index in [4.69, 9.17) is 57.8 Å². The minimum atomic E-state index is -0.485. The predicted molar refractivity (Wildman–Crippen MR) is 287 cm³/mol. The van der Waals surface area contributed by atoms with Gasteiger partial charge in [0.2, 0.25) is 17.9 Å². The van der Waals surface area contributed by atoms with Gasteiger partial charge in [-0.1, -0.05) is 0 Å². The van der Waals surface area contributed by atoms with E-state index in [1.807, 2.05) is 131 Å². The first kappa shape index (κ1) is 59.2. The number of ether oxygens (including phenoxy) is 5. The molecule has 4 heterocycles. The van der Waals surface area contributed by atoms with Gasteiger partial charge in [-0.3, -0.25) is 10.4 Å². The number of nitrogens with two attached hydrogens (primary N) is 5. The Morgan fingerprint density at radius 1 is 0.671 bits per heavy atom. The van der Waals surface area contributed by atoms with E-state index in [0.29, 0.717) is 64.2 Å². The molecule has 0 aliphatic rings. The highest BCUT2D eigenvalue weighted by Gasteiger charge is 2.17. The Labute approximate surface area is 430 Å². The largest absolute Gasteiger partial charge is 0.493 e. The van der Waals surface area contributed by atoms with Crippen molar-refractivity contribution < 1.29 is 33.3 Å². The Balaban J connectivity index is 0.000000267. The summed E-state index contributed by atoms with van der Waals surface area (Å²) in [6.07, 6.45) is 6.30. The number of amides is 2. The number of halogens is 1. The van der Waals surface area contributed by atoms with Crippen LogP contribution in [0.4, 0.5) is 21.5 Å². The van der Waals surface area contributed by atoms with E-state index in [-0.39, 0.29) is 24.3 Å². The average molecular weight is 1030 g/mol. The smallest absolute Gasteiger partial charge is 0.407 e. The van der Waals surface area contributed by atoms with Crippen LogP contribution in [-0.4, -0.2) is 113 Å². The van der Waals surface area contributed by atoms with Crippen molar-refractivity contribution in [2.75, 3.05) is 50.9 Å². The second kappa shape index (κ2) is 28.0. The van der Waals surface area contributed by atoms with E-state index in [0.717, 1.165) is 56.8 Å². The van der Waals surface area contributed by atoms with Crippen molar-refractivity contribution in [1.29, 1.82) is 5.41 Å².